The molecule has 0 aromatic heterocycles. The lowest BCUT2D eigenvalue weighted by Crippen LogP contribution is -2.35. The Balaban J connectivity index is 3.04. The van der Waals surface area contributed by atoms with Crippen LogP contribution in [-0.2, 0) is 15.1 Å². The summed E-state index contributed by atoms with van der Waals surface area (Å²) in [5.74, 6) is -0.336. The first-order chi connectivity index (χ1) is 8.95. The first-order valence-electron chi connectivity index (χ1n) is 6.21. The minimum absolute atomic E-state index is 0.336. The van der Waals surface area contributed by atoms with Gasteiger partial charge in [0.1, 0.15) is 11.9 Å². The SMILES string of the molecule is CC[C@@](CC(C)OC(N)=O)(OC)c1ccccc1F. The van der Waals surface area contributed by atoms with Crippen LogP contribution in [0.5, 0.6) is 0 Å². The predicted octanol–water partition coefficient (Wildman–Crippen LogP) is 2.95. The van der Waals surface area contributed by atoms with Crippen LogP contribution in [0.4, 0.5) is 9.18 Å². The molecule has 1 aromatic carbocycles. The molecule has 0 heterocycles. The van der Waals surface area contributed by atoms with Gasteiger partial charge in [-0.25, -0.2) is 9.18 Å². The number of rotatable bonds is 6. The molecule has 0 aliphatic heterocycles. The van der Waals surface area contributed by atoms with Crippen molar-refractivity contribution in [2.45, 2.75) is 38.4 Å². The fourth-order valence-electron chi connectivity index (χ4n) is 2.32. The van der Waals surface area contributed by atoms with Gasteiger partial charge in [0.05, 0.1) is 5.60 Å². The predicted molar refractivity (Wildman–Crippen MR) is 70.1 cm³/mol. The molecule has 0 spiro atoms. The van der Waals surface area contributed by atoms with Gasteiger partial charge in [-0.1, -0.05) is 25.1 Å². The van der Waals surface area contributed by atoms with Crippen LogP contribution >= 0.6 is 0 Å². The lowest BCUT2D eigenvalue weighted by molar-refractivity contribution is -0.0554. The van der Waals surface area contributed by atoms with E-state index in [1.807, 2.05) is 6.92 Å². The van der Waals surface area contributed by atoms with E-state index in [9.17, 15) is 9.18 Å². The Kier molecular flexibility index (Phi) is 5.30. The molecule has 4 nitrogen and oxygen atoms in total. The molecule has 0 saturated carbocycles. The highest BCUT2D eigenvalue weighted by atomic mass is 19.1. The van der Waals surface area contributed by atoms with Gasteiger partial charge < -0.3 is 15.2 Å². The third-order valence-corrected chi connectivity index (χ3v) is 3.26. The first kappa shape index (κ1) is 15.4. The van der Waals surface area contributed by atoms with Gasteiger partial charge in [-0.05, 0) is 19.4 Å². The summed E-state index contributed by atoms with van der Waals surface area (Å²) in [5, 5.41) is 0. The molecule has 0 aliphatic rings. The highest BCUT2D eigenvalue weighted by molar-refractivity contribution is 5.64. The number of carbonyl (C=O) groups excluding carboxylic acids is 1. The van der Waals surface area contributed by atoms with Crippen LogP contribution in [0.1, 0.15) is 32.3 Å². The third-order valence-electron chi connectivity index (χ3n) is 3.26. The van der Waals surface area contributed by atoms with Crippen molar-refractivity contribution in [3.63, 3.8) is 0 Å². The number of hydrogen-bond acceptors (Lipinski definition) is 3. The fraction of sp³-hybridized carbons (Fsp3) is 0.500. The van der Waals surface area contributed by atoms with Gasteiger partial charge in [-0.3, -0.25) is 0 Å². The Labute approximate surface area is 112 Å². The van der Waals surface area contributed by atoms with Crippen molar-refractivity contribution in [2.24, 2.45) is 5.73 Å². The van der Waals surface area contributed by atoms with Crippen molar-refractivity contribution in [2.75, 3.05) is 7.11 Å². The molecule has 0 aliphatic carbocycles. The van der Waals surface area contributed by atoms with Crippen LogP contribution in [0.15, 0.2) is 24.3 Å². The molecule has 2 N–H and O–H groups in total. The Bertz CT molecular complexity index is 432. The van der Waals surface area contributed by atoms with Crippen molar-refractivity contribution < 1.29 is 18.7 Å². The Morgan fingerprint density at radius 3 is 2.58 bits per heavy atom. The van der Waals surface area contributed by atoms with E-state index in [1.165, 1.54) is 13.2 Å². The van der Waals surface area contributed by atoms with Crippen molar-refractivity contribution in [1.29, 1.82) is 0 Å². The van der Waals surface area contributed by atoms with E-state index in [4.69, 9.17) is 15.2 Å². The first-order valence-corrected chi connectivity index (χ1v) is 6.21. The minimum Gasteiger partial charge on any atom is -0.447 e. The normalized spacial score (nSPS) is 15.6. The van der Waals surface area contributed by atoms with E-state index in [-0.39, 0.29) is 5.82 Å². The summed E-state index contributed by atoms with van der Waals surface area (Å²) in [6, 6.07) is 6.44. The Morgan fingerprint density at radius 1 is 1.47 bits per heavy atom. The van der Waals surface area contributed by atoms with Crippen LogP contribution in [0.2, 0.25) is 0 Å². The fourth-order valence-corrected chi connectivity index (χ4v) is 2.32. The molecule has 1 aromatic rings. The summed E-state index contributed by atoms with van der Waals surface area (Å²) in [7, 11) is 1.52. The molecule has 1 amide bonds. The van der Waals surface area contributed by atoms with Crippen LogP contribution in [0, 0.1) is 5.82 Å². The highest BCUT2D eigenvalue weighted by Crippen LogP contribution is 2.35. The van der Waals surface area contributed by atoms with Gasteiger partial charge in [0, 0.05) is 19.1 Å². The van der Waals surface area contributed by atoms with E-state index in [0.29, 0.717) is 18.4 Å². The molecule has 2 atom stereocenters. The zero-order chi connectivity index (χ0) is 14.5. The van der Waals surface area contributed by atoms with Crippen molar-refractivity contribution >= 4 is 6.09 Å². The maximum Gasteiger partial charge on any atom is 0.404 e. The van der Waals surface area contributed by atoms with Crippen molar-refractivity contribution in [3.8, 4) is 0 Å². The number of ether oxygens (including phenoxy) is 2. The summed E-state index contributed by atoms with van der Waals surface area (Å²) in [6.45, 7) is 3.60. The molecule has 19 heavy (non-hydrogen) atoms. The van der Waals surface area contributed by atoms with Crippen LogP contribution in [0.25, 0.3) is 0 Å². The van der Waals surface area contributed by atoms with Crippen molar-refractivity contribution in [3.05, 3.63) is 35.6 Å². The Hall–Kier alpha value is -1.62. The summed E-state index contributed by atoms with van der Waals surface area (Å²) >= 11 is 0. The van der Waals surface area contributed by atoms with E-state index < -0.39 is 17.8 Å². The van der Waals surface area contributed by atoms with E-state index in [1.54, 1.807) is 25.1 Å². The number of benzene rings is 1. The average Bonchev–Trinajstić information content (AvgIpc) is 2.36. The van der Waals surface area contributed by atoms with Crippen molar-refractivity contribution in [1.82, 2.24) is 0 Å². The highest BCUT2D eigenvalue weighted by Gasteiger charge is 2.35. The van der Waals surface area contributed by atoms with Crippen LogP contribution in [0.3, 0.4) is 0 Å². The summed E-state index contributed by atoms with van der Waals surface area (Å²) in [5.41, 5.74) is 4.61. The maximum atomic E-state index is 14.0. The topological polar surface area (TPSA) is 61.5 Å². The van der Waals surface area contributed by atoms with E-state index in [0.717, 1.165) is 0 Å². The van der Waals surface area contributed by atoms with Gasteiger partial charge in [0.25, 0.3) is 0 Å². The second-order valence-corrected chi connectivity index (χ2v) is 4.48. The lowest BCUT2D eigenvalue weighted by atomic mass is 9.85. The number of carbonyl (C=O) groups is 1. The zero-order valence-electron chi connectivity index (χ0n) is 11.5. The number of primary amides is 1. The summed E-state index contributed by atoms with van der Waals surface area (Å²) in [4.78, 5) is 10.8. The molecule has 0 saturated heterocycles. The van der Waals surface area contributed by atoms with Gasteiger partial charge in [0.2, 0.25) is 0 Å². The third kappa shape index (κ3) is 3.67. The number of nitrogens with two attached hydrogens (primary N) is 1. The molecular weight excluding hydrogens is 249 g/mol. The molecule has 0 fully saturated rings. The summed E-state index contributed by atoms with van der Waals surface area (Å²) in [6.07, 6.45) is -0.417. The molecule has 1 rings (SSSR count). The number of halogens is 1. The monoisotopic (exact) mass is 269 g/mol. The second kappa shape index (κ2) is 6.52. The maximum absolute atomic E-state index is 14.0. The molecule has 1 unspecified atom stereocenters. The minimum atomic E-state index is -0.845. The number of amides is 1. The smallest absolute Gasteiger partial charge is 0.404 e. The van der Waals surface area contributed by atoms with Gasteiger partial charge >= 0.3 is 6.09 Å². The van der Waals surface area contributed by atoms with Crippen LogP contribution < -0.4 is 5.73 Å². The van der Waals surface area contributed by atoms with Gasteiger partial charge in [-0.15, -0.1) is 0 Å². The molecule has 5 heteroatoms. The lowest BCUT2D eigenvalue weighted by Gasteiger charge is -2.34. The van der Waals surface area contributed by atoms with Crippen LogP contribution in [-0.4, -0.2) is 19.3 Å². The standard InChI is InChI=1S/C14H20FNO3/c1-4-14(18-3,9-10(2)19-13(16)17)11-7-5-6-8-12(11)15/h5-8,10H,4,9H2,1-3H3,(H2,16,17)/t10?,14-/m0/s1. The zero-order valence-corrected chi connectivity index (χ0v) is 11.5. The summed E-state index contributed by atoms with van der Waals surface area (Å²) < 4.78 is 24.4. The van der Waals surface area contributed by atoms with Gasteiger partial charge in [0.15, 0.2) is 0 Å². The quantitative estimate of drug-likeness (QED) is 0.863. The average molecular weight is 269 g/mol. The van der Waals surface area contributed by atoms with E-state index >= 15 is 0 Å². The van der Waals surface area contributed by atoms with Gasteiger partial charge in [-0.2, -0.15) is 0 Å². The molecule has 0 bridgehead atoms. The molecular formula is C14H20FNO3. The Morgan fingerprint density at radius 2 is 2.11 bits per heavy atom. The molecule has 0 radical (unpaired) electrons. The largest absolute Gasteiger partial charge is 0.447 e. The second-order valence-electron chi connectivity index (χ2n) is 4.48. The number of hydrogen-bond donors (Lipinski definition) is 1. The van der Waals surface area contributed by atoms with E-state index in [2.05, 4.69) is 0 Å². The molecule has 106 valence electrons. The number of methoxy groups -OCH3 is 1.